The molecule has 10 nitrogen and oxygen atoms in total. The van der Waals surface area contributed by atoms with Crippen molar-refractivity contribution in [3.05, 3.63) is 15.4 Å². The highest BCUT2D eigenvalue weighted by atomic mass is 32.1. The second-order valence-corrected chi connectivity index (χ2v) is 13.6. The van der Waals surface area contributed by atoms with Gasteiger partial charge in [-0.15, -0.1) is 11.3 Å². The molecule has 2 aliphatic rings. The van der Waals surface area contributed by atoms with Crippen LogP contribution in [0.2, 0.25) is 0 Å². The van der Waals surface area contributed by atoms with Gasteiger partial charge in [-0.25, -0.2) is 4.98 Å². The molecule has 1 aromatic heterocycles. The Balaban J connectivity index is 1.63. The second kappa shape index (κ2) is 13.7. The van der Waals surface area contributed by atoms with Crippen LogP contribution in [0.1, 0.15) is 80.6 Å². The number of hydrogen-bond donors (Lipinski definition) is 4. The zero-order chi connectivity index (χ0) is 30.5. The fourth-order valence-corrected chi connectivity index (χ4v) is 5.98. The van der Waals surface area contributed by atoms with Gasteiger partial charge in [0, 0.05) is 6.04 Å². The van der Waals surface area contributed by atoms with Crippen LogP contribution < -0.4 is 31.1 Å². The third-order valence-corrected chi connectivity index (χ3v) is 8.63. The quantitative estimate of drug-likeness (QED) is 0.302. The summed E-state index contributed by atoms with van der Waals surface area (Å²) in [5.74, 6) is -3.67. The summed E-state index contributed by atoms with van der Waals surface area (Å²) in [6.07, 6.45) is 8.67. The Hall–Kier alpha value is -3.08. The van der Waals surface area contributed by atoms with Crippen molar-refractivity contribution in [1.82, 2.24) is 26.3 Å². The molecule has 1 aromatic rings. The smallest absolute Gasteiger partial charge is 0.289 e. The Kier molecular flexibility index (Phi) is 10.9. The van der Waals surface area contributed by atoms with Crippen LogP contribution in [0.3, 0.4) is 0 Å². The molecule has 0 radical (unpaired) electrons. The van der Waals surface area contributed by atoms with Crippen LogP contribution in [0.15, 0.2) is 5.51 Å². The molecule has 0 saturated heterocycles. The third-order valence-electron chi connectivity index (χ3n) is 7.82. The van der Waals surface area contributed by atoms with Gasteiger partial charge in [-0.3, -0.25) is 24.0 Å². The largest absolute Gasteiger partial charge is 0.347 e. The summed E-state index contributed by atoms with van der Waals surface area (Å²) in [4.78, 5) is 69.7. The molecule has 0 aliphatic heterocycles. The molecule has 4 amide bonds. The molecule has 41 heavy (non-hydrogen) atoms. The summed E-state index contributed by atoms with van der Waals surface area (Å²) in [7, 11) is 0. The van der Waals surface area contributed by atoms with E-state index in [1.165, 1.54) is 18.3 Å². The fraction of sp³-hybridized carbons (Fsp3) is 0.667. The van der Waals surface area contributed by atoms with Crippen LogP contribution in [0.25, 0.3) is 12.2 Å². The zero-order valence-corrected chi connectivity index (χ0v) is 26.0. The minimum Gasteiger partial charge on any atom is -0.347 e. The standard InChI is InChI=1S/C30H45N5O5S/c1-16(2)23(24(36)28(39)33-19-11-9-8-10-12-19)34-26(37)18(4)32-29(40)25(30(5,6)7)35-27(38)20-14-22-21(13-17(20)3)31-15-41-22/h13-20,23,25H,8-12H2,1-7H3,(H,32,40)(H,33,39)(H,34,37)(H,35,38)/t17?,18-,20?,23-,25+/m0/s1. The van der Waals surface area contributed by atoms with Crippen molar-refractivity contribution in [2.24, 2.45) is 23.2 Å². The number of nitrogens with one attached hydrogen (secondary N) is 4. The first kappa shape index (κ1) is 32.4. The van der Waals surface area contributed by atoms with E-state index < -0.39 is 53.0 Å². The van der Waals surface area contributed by atoms with Crippen molar-refractivity contribution >= 4 is 52.9 Å². The normalized spacial score (nSPS) is 21.3. The molecule has 4 N–H and O–H groups in total. The predicted molar refractivity (Wildman–Crippen MR) is 159 cm³/mol. The summed E-state index contributed by atoms with van der Waals surface area (Å²) in [5, 5.41) is 11.9. The summed E-state index contributed by atoms with van der Waals surface area (Å²) >= 11 is 1.46. The molecule has 0 spiro atoms. The Morgan fingerprint density at radius 2 is 1.59 bits per heavy atom. The van der Waals surface area contributed by atoms with Crippen molar-refractivity contribution < 1.29 is 24.0 Å². The number of ketones is 1. The fourth-order valence-electron chi connectivity index (χ4n) is 5.23. The highest BCUT2D eigenvalue weighted by Gasteiger charge is 2.37. The van der Waals surface area contributed by atoms with Crippen LogP contribution in [0.5, 0.6) is 0 Å². The molecule has 1 saturated carbocycles. The molecule has 1 fully saturated rings. The van der Waals surface area contributed by atoms with Gasteiger partial charge in [0.2, 0.25) is 23.5 Å². The number of carbonyl (C=O) groups is 5. The maximum absolute atomic E-state index is 13.4. The van der Waals surface area contributed by atoms with Gasteiger partial charge in [0.1, 0.15) is 12.1 Å². The third kappa shape index (κ3) is 8.47. The number of amides is 4. The molecule has 0 bridgehead atoms. The first-order valence-corrected chi connectivity index (χ1v) is 15.5. The minimum atomic E-state index is -1.03. The lowest BCUT2D eigenvalue weighted by molar-refractivity contribution is -0.141. The number of thiazole rings is 1. The van der Waals surface area contributed by atoms with E-state index in [1.807, 2.05) is 39.8 Å². The van der Waals surface area contributed by atoms with Gasteiger partial charge in [-0.1, -0.05) is 73.0 Å². The van der Waals surface area contributed by atoms with E-state index in [1.54, 1.807) is 19.4 Å². The Morgan fingerprint density at radius 3 is 2.20 bits per heavy atom. The van der Waals surface area contributed by atoms with E-state index >= 15 is 0 Å². The maximum Gasteiger partial charge on any atom is 0.289 e. The molecular weight excluding hydrogens is 542 g/mol. The molecule has 5 atom stereocenters. The van der Waals surface area contributed by atoms with E-state index in [9.17, 15) is 24.0 Å². The van der Waals surface area contributed by atoms with Crippen LogP contribution >= 0.6 is 11.3 Å². The van der Waals surface area contributed by atoms with Gasteiger partial charge in [0.25, 0.3) is 5.91 Å². The van der Waals surface area contributed by atoms with Crippen LogP contribution in [-0.2, 0) is 24.0 Å². The summed E-state index contributed by atoms with van der Waals surface area (Å²) in [6.45, 7) is 12.5. The maximum atomic E-state index is 13.4. The topological polar surface area (TPSA) is 146 Å². The molecular formula is C30H45N5O5S. The molecule has 0 aromatic carbocycles. The van der Waals surface area contributed by atoms with Gasteiger partial charge in [0.15, 0.2) is 0 Å². The number of aromatic nitrogens is 1. The highest BCUT2D eigenvalue weighted by molar-refractivity contribution is 7.07. The predicted octanol–water partition coefficient (Wildman–Crippen LogP) is 1.16. The van der Waals surface area contributed by atoms with Gasteiger partial charge in [0.05, 0.1) is 27.4 Å². The van der Waals surface area contributed by atoms with E-state index in [2.05, 4.69) is 26.3 Å². The lowest BCUT2D eigenvalue weighted by Gasteiger charge is -2.33. The number of fused-ring (bicyclic) bond motifs is 1. The molecule has 1 heterocycles. The molecule has 2 aliphatic carbocycles. The van der Waals surface area contributed by atoms with Crippen molar-refractivity contribution in [3.63, 3.8) is 0 Å². The summed E-state index contributed by atoms with van der Waals surface area (Å²) < 4.78 is 0.923. The van der Waals surface area contributed by atoms with Crippen molar-refractivity contribution in [2.75, 3.05) is 0 Å². The summed E-state index contributed by atoms with van der Waals surface area (Å²) in [6, 6.07) is -2.98. The van der Waals surface area contributed by atoms with Gasteiger partial charge < -0.3 is 21.3 Å². The Labute approximate surface area is 246 Å². The number of carbonyl (C=O) groups excluding carboxylic acids is 5. The monoisotopic (exact) mass is 587 g/mol. The SMILES string of the molecule is CC1C=c2ncsc2=CC1C(=O)N[C@H](C(=O)N[C@@H](C)C(=O)N[C@H](C(=O)C(=O)NC1CCCCC1)C(C)C)C(C)(C)C. The Morgan fingerprint density at radius 1 is 0.927 bits per heavy atom. The number of nitrogens with zero attached hydrogens (tertiary/aromatic N) is 1. The average Bonchev–Trinajstić information content (AvgIpc) is 3.35. The van der Waals surface area contributed by atoms with Crippen molar-refractivity contribution in [1.29, 1.82) is 0 Å². The summed E-state index contributed by atoms with van der Waals surface area (Å²) in [5.41, 5.74) is 1.09. The van der Waals surface area contributed by atoms with Crippen LogP contribution in [-0.4, -0.2) is 58.6 Å². The van der Waals surface area contributed by atoms with Crippen molar-refractivity contribution in [2.45, 2.75) is 105 Å². The lowest BCUT2D eigenvalue weighted by Crippen LogP contribution is -2.60. The van der Waals surface area contributed by atoms with Crippen LogP contribution in [0, 0.1) is 23.2 Å². The minimum absolute atomic E-state index is 0.0254. The van der Waals surface area contributed by atoms with Crippen LogP contribution in [0.4, 0.5) is 0 Å². The lowest BCUT2D eigenvalue weighted by atomic mass is 9.84. The number of Topliss-reactive ketones (excluding diaryl/α,β-unsaturated/α-hetero) is 1. The van der Waals surface area contributed by atoms with Gasteiger partial charge in [-0.2, -0.15) is 0 Å². The number of rotatable bonds is 10. The van der Waals surface area contributed by atoms with E-state index in [4.69, 9.17) is 0 Å². The molecule has 11 heteroatoms. The van der Waals surface area contributed by atoms with E-state index in [0.29, 0.717) is 0 Å². The van der Waals surface area contributed by atoms with E-state index in [0.717, 1.165) is 42.0 Å². The first-order chi connectivity index (χ1) is 19.2. The molecule has 3 rings (SSSR count). The van der Waals surface area contributed by atoms with Gasteiger partial charge >= 0.3 is 0 Å². The molecule has 2 unspecified atom stereocenters. The zero-order valence-electron chi connectivity index (χ0n) is 25.2. The molecule has 226 valence electrons. The first-order valence-electron chi connectivity index (χ1n) is 14.6. The second-order valence-electron chi connectivity index (χ2n) is 12.8. The van der Waals surface area contributed by atoms with Gasteiger partial charge in [-0.05, 0) is 37.0 Å². The number of hydrogen-bond acceptors (Lipinski definition) is 7. The van der Waals surface area contributed by atoms with E-state index in [-0.39, 0.29) is 23.8 Å². The highest BCUT2D eigenvalue weighted by Crippen LogP contribution is 2.23. The average molecular weight is 588 g/mol. The Bertz CT molecular complexity index is 1260. The van der Waals surface area contributed by atoms with Crippen molar-refractivity contribution in [3.8, 4) is 0 Å².